The smallest absolute Gasteiger partial charge is 0.340 e. The summed E-state index contributed by atoms with van der Waals surface area (Å²) in [6, 6.07) is 14.9. The van der Waals surface area contributed by atoms with Crippen LogP contribution in [0.3, 0.4) is 0 Å². The zero-order valence-electron chi connectivity index (χ0n) is 17.2. The van der Waals surface area contributed by atoms with E-state index in [1.165, 1.54) is 7.11 Å². The third kappa shape index (κ3) is 4.33. The van der Waals surface area contributed by atoms with Gasteiger partial charge in [0, 0.05) is 10.6 Å². The molecular formula is C24H23NO4S. The van der Waals surface area contributed by atoms with E-state index in [-0.39, 0.29) is 11.5 Å². The molecule has 0 unspecified atom stereocenters. The van der Waals surface area contributed by atoms with Gasteiger partial charge in [-0.15, -0.1) is 11.8 Å². The van der Waals surface area contributed by atoms with Crippen LogP contribution in [0.2, 0.25) is 0 Å². The molecule has 3 rings (SSSR count). The number of methoxy groups -OCH3 is 1. The lowest BCUT2D eigenvalue weighted by Gasteiger charge is -2.18. The fourth-order valence-electron chi connectivity index (χ4n) is 3.22. The number of carbonyl (C=O) groups excluding carboxylic acids is 2. The summed E-state index contributed by atoms with van der Waals surface area (Å²) in [4.78, 5) is 28.4. The number of amides is 1. The maximum absolute atomic E-state index is 13.3. The van der Waals surface area contributed by atoms with E-state index in [4.69, 9.17) is 9.47 Å². The third-order valence-electron chi connectivity index (χ3n) is 4.66. The largest absolute Gasteiger partial charge is 0.490 e. The zero-order chi connectivity index (χ0) is 21.7. The number of hydrogen-bond donors (Lipinski definition) is 0. The molecule has 6 heteroatoms. The first-order valence-corrected chi connectivity index (χ1v) is 10.6. The van der Waals surface area contributed by atoms with E-state index in [0.29, 0.717) is 29.3 Å². The minimum atomic E-state index is -0.540. The van der Waals surface area contributed by atoms with Gasteiger partial charge in [0.1, 0.15) is 12.4 Å². The van der Waals surface area contributed by atoms with Gasteiger partial charge in [-0.1, -0.05) is 30.9 Å². The van der Waals surface area contributed by atoms with Crippen LogP contribution >= 0.6 is 11.8 Å². The van der Waals surface area contributed by atoms with Crippen LogP contribution in [0.15, 0.2) is 82.9 Å². The molecule has 2 aromatic carbocycles. The molecule has 0 atom stereocenters. The van der Waals surface area contributed by atoms with E-state index >= 15 is 0 Å². The van der Waals surface area contributed by atoms with E-state index in [0.717, 1.165) is 10.5 Å². The Labute approximate surface area is 180 Å². The number of allylic oxidation sites excluding steroid dienone is 1. The summed E-state index contributed by atoms with van der Waals surface area (Å²) in [5.74, 6) is -0.107. The average molecular weight is 422 g/mol. The SMILES string of the molecule is C=CCOc1ccc(/C=C2\C(=O)N(c3cccc(SC)c3)C(C)=C2C(=O)OC)cc1. The topological polar surface area (TPSA) is 55.8 Å². The van der Waals surface area contributed by atoms with Crippen LogP contribution in [0.1, 0.15) is 12.5 Å². The summed E-state index contributed by atoms with van der Waals surface area (Å²) in [6.07, 6.45) is 5.35. The van der Waals surface area contributed by atoms with E-state index in [1.54, 1.807) is 35.7 Å². The summed E-state index contributed by atoms with van der Waals surface area (Å²) >= 11 is 1.59. The minimum Gasteiger partial charge on any atom is -0.490 e. The highest BCUT2D eigenvalue weighted by molar-refractivity contribution is 7.98. The second-order valence-electron chi connectivity index (χ2n) is 6.52. The van der Waals surface area contributed by atoms with Gasteiger partial charge in [0.05, 0.1) is 23.9 Å². The molecule has 0 saturated carbocycles. The maximum Gasteiger partial charge on any atom is 0.340 e. The van der Waals surface area contributed by atoms with Crippen molar-refractivity contribution in [3.63, 3.8) is 0 Å². The van der Waals surface area contributed by atoms with Crippen LogP contribution in [0.4, 0.5) is 5.69 Å². The fraction of sp³-hybridized carbons (Fsp3) is 0.167. The van der Waals surface area contributed by atoms with Crippen LogP contribution in [-0.4, -0.2) is 31.8 Å². The second-order valence-corrected chi connectivity index (χ2v) is 7.40. The van der Waals surface area contributed by atoms with Crippen molar-refractivity contribution < 1.29 is 19.1 Å². The Morgan fingerprint density at radius 2 is 1.93 bits per heavy atom. The van der Waals surface area contributed by atoms with Gasteiger partial charge < -0.3 is 9.47 Å². The lowest BCUT2D eigenvalue weighted by Crippen LogP contribution is -2.24. The molecule has 0 aliphatic carbocycles. The number of anilines is 1. The summed E-state index contributed by atoms with van der Waals surface area (Å²) in [7, 11) is 1.31. The number of rotatable bonds is 7. The van der Waals surface area contributed by atoms with Crippen LogP contribution in [-0.2, 0) is 14.3 Å². The van der Waals surface area contributed by atoms with Crippen molar-refractivity contribution in [2.75, 3.05) is 24.9 Å². The van der Waals surface area contributed by atoms with Crippen LogP contribution < -0.4 is 9.64 Å². The molecule has 0 fully saturated rings. The Bertz CT molecular complexity index is 1040. The molecule has 1 aliphatic heterocycles. The van der Waals surface area contributed by atoms with E-state index in [9.17, 15) is 9.59 Å². The van der Waals surface area contributed by atoms with Gasteiger partial charge in [-0.25, -0.2) is 4.79 Å². The Balaban J connectivity index is 2.02. The Morgan fingerprint density at radius 3 is 2.57 bits per heavy atom. The average Bonchev–Trinajstić information content (AvgIpc) is 3.02. The molecule has 5 nitrogen and oxygen atoms in total. The first-order chi connectivity index (χ1) is 14.5. The summed E-state index contributed by atoms with van der Waals surface area (Å²) in [5, 5.41) is 0. The Kier molecular flexibility index (Phi) is 6.79. The molecule has 0 bridgehead atoms. The number of ether oxygens (including phenoxy) is 2. The van der Waals surface area contributed by atoms with Crippen molar-refractivity contribution in [1.29, 1.82) is 0 Å². The zero-order valence-corrected chi connectivity index (χ0v) is 18.0. The maximum atomic E-state index is 13.3. The Hall–Kier alpha value is -3.25. The summed E-state index contributed by atoms with van der Waals surface area (Å²) in [5.41, 5.74) is 2.60. The molecule has 154 valence electrons. The molecule has 0 radical (unpaired) electrons. The second kappa shape index (κ2) is 9.50. The molecule has 1 amide bonds. The standard InChI is InChI=1S/C24H23NO4S/c1-5-13-29-19-11-9-17(10-12-19)14-21-22(24(27)28-3)16(2)25(23(21)26)18-7-6-8-20(15-18)30-4/h5-12,14-15H,1,13H2,2-4H3/b21-14-. The lowest BCUT2D eigenvalue weighted by atomic mass is 10.0. The number of hydrogen-bond acceptors (Lipinski definition) is 5. The lowest BCUT2D eigenvalue weighted by molar-refractivity contribution is -0.136. The summed E-state index contributed by atoms with van der Waals surface area (Å²) in [6.45, 7) is 5.79. The van der Waals surface area contributed by atoms with Crippen LogP contribution in [0.25, 0.3) is 6.08 Å². The van der Waals surface area contributed by atoms with Gasteiger partial charge in [0.25, 0.3) is 5.91 Å². The number of thioether (sulfide) groups is 1. The van der Waals surface area contributed by atoms with Crippen molar-refractivity contribution >= 4 is 35.4 Å². The highest BCUT2D eigenvalue weighted by Crippen LogP contribution is 2.36. The van der Waals surface area contributed by atoms with Crippen LogP contribution in [0.5, 0.6) is 5.75 Å². The Morgan fingerprint density at radius 1 is 1.20 bits per heavy atom. The monoisotopic (exact) mass is 421 g/mol. The highest BCUT2D eigenvalue weighted by Gasteiger charge is 2.37. The van der Waals surface area contributed by atoms with E-state index in [2.05, 4.69) is 6.58 Å². The molecule has 2 aromatic rings. The van der Waals surface area contributed by atoms with E-state index in [1.807, 2.05) is 54.8 Å². The number of carbonyl (C=O) groups is 2. The number of nitrogens with zero attached hydrogens (tertiary/aromatic N) is 1. The van der Waals surface area contributed by atoms with Gasteiger partial charge >= 0.3 is 5.97 Å². The van der Waals surface area contributed by atoms with Crippen LogP contribution in [0, 0.1) is 0 Å². The first kappa shape index (κ1) is 21.5. The third-order valence-corrected chi connectivity index (χ3v) is 5.39. The molecule has 1 heterocycles. The van der Waals surface area contributed by atoms with Gasteiger partial charge in [0.2, 0.25) is 0 Å². The number of esters is 1. The van der Waals surface area contributed by atoms with Gasteiger partial charge in [0.15, 0.2) is 0 Å². The van der Waals surface area contributed by atoms with Gasteiger partial charge in [-0.05, 0) is 55.2 Å². The molecule has 0 N–H and O–H groups in total. The van der Waals surface area contributed by atoms with Gasteiger partial charge in [-0.2, -0.15) is 0 Å². The summed E-state index contributed by atoms with van der Waals surface area (Å²) < 4.78 is 10.5. The van der Waals surface area contributed by atoms with Crippen molar-refractivity contribution in [3.05, 3.63) is 83.6 Å². The van der Waals surface area contributed by atoms with E-state index < -0.39 is 5.97 Å². The van der Waals surface area contributed by atoms with Crippen molar-refractivity contribution in [2.45, 2.75) is 11.8 Å². The van der Waals surface area contributed by atoms with Crippen molar-refractivity contribution in [2.24, 2.45) is 0 Å². The predicted molar refractivity (Wildman–Crippen MR) is 121 cm³/mol. The fourth-order valence-corrected chi connectivity index (χ4v) is 3.68. The van der Waals surface area contributed by atoms with Gasteiger partial charge in [-0.3, -0.25) is 9.69 Å². The molecular weight excluding hydrogens is 398 g/mol. The minimum absolute atomic E-state index is 0.266. The number of benzene rings is 2. The molecule has 0 saturated heterocycles. The first-order valence-electron chi connectivity index (χ1n) is 9.33. The van der Waals surface area contributed by atoms with Crippen molar-refractivity contribution in [1.82, 2.24) is 0 Å². The normalized spacial score (nSPS) is 15.0. The molecule has 1 aliphatic rings. The van der Waals surface area contributed by atoms with Crippen molar-refractivity contribution in [3.8, 4) is 5.75 Å². The molecule has 30 heavy (non-hydrogen) atoms. The highest BCUT2D eigenvalue weighted by atomic mass is 32.2. The predicted octanol–water partition coefficient (Wildman–Crippen LogP) is 4.85. The molecule has 0 aromatic heterocycles. The molecule has 0 spiro atoms. The quantitative estimate of drug-likeness (QED) is 0.277.